The van der Waals surface area contributed by atoms with Gasteiger partial charge < -0.3 is 19.2 Å². The SMILES string of the molecule is COc1cccc2cc(C(=O)C3=C(O)C(=O)N(Cc4ccccn4)C3c3ccc(Cl)c(Cl)c3)oc12. The molecule has 1 amide bonds. The number of rotatable bonds is 6. The fourth-order valence-corrected chi connectivity index (χ4v) is 4.49. The first kappa shape index (κ1) is 23.0. The number of benzene rings is 2. The Morgan fingerprint density at radius 3 is 2.66 bits per heavy atom. The molecule has 2 aromatic heterocycles. The van der Waals surface area contributed by atoms with Gasteiger partial charge in [-0.2, -0.15) is 0 Å². The van der Waals surface area contributed by atoms with E-state index in [4.69, 9.17) is 32.4 Å². The number of carbonyl (C=O) groups is 2. The van der Waals surface area contributed by atoms with E-state index in [1.165, 1.54) is 12.0 Å². The Labute approximate surface area is 210 Å². The van der Waals surface area contributed by atoms with Crippen LogP contribution in [0.15, 0.2) is 82.6 Å². The number of methoxy groups -OCH3 is 1. The van der Waals surface area contributed by atoms with Crippen molar-refractivity contribution in [3.05, 3.63) is 105 Å². The maximum Gasteiger partial charge on any atom is 0.290 e. The summed E-state index contributed by atoms with van der Waals surface area (Å²) in [4.78, 5) is 32.5. The number of halogens is 2. The van der Waals surface area contributed by atoms with Gasteiger partial charge in [-0.05, 0) is 42.0 Å². The van der Waals surface area contributed by atoms with Gasteiger partial charge in [-0.3, -0.25) is 14.6 Å². The van der Waals surface area contributed by atoms with E-state index in [9.17, 15) is 14.7 Å². The van der Waals surface area contributed by atoms with E-state index < -0.39 is 23.5 Å². The fraction of sp³-hybridized carbons (Fsp3) is 0.115. The molecule has 176 valence electrons. The van der Waals surface area contributed by atoms with Gasteiger partial charge in [0.1, 0.15) is 0 Å². The number of carbonyl (C=O) groups excluding carboxylic acids is 2. The van der Waals surface area contributed by atoms with Gasteiger partial charge in [0.15, 0.2) is 22.9 Å². The third kappa shape index (κ3) is 4.03. The van der Waals surface area contributed by atoms with Crippen LogP contribution in [0.25, 0.3) is 11.0 Å². The molecule has 0 spiro atoms. The lowest BCUT2D eigenvalue weighted by atomic mass is 9.95. The molecule has 0 saturated carbocycles. The zero-order chi connectivity index (χ0) is 24.7. The Morgan fingerprint density at radius 1 is 1.11 bits per heavy atom. The summed E-state index contributed by atoms with van der Waals surface area (Å²) < 4.78 is 11.1. The maximum absolute atomic E-state index is 13.7. The van der Waals surface area contributed by atoms with E-state index in [2.05, 4.69) is 4.98 Å². The number of fused-ring (bicyclic) bond motifs is 1. The van der Waals surface area contributed by atoms with E-state index in [0.29, 0.717) is 33.0 Å². The first-order valence-electron chi connectivity index (χ1n) is 10.6. The van der Waals surface area contributed by atoms with Crippen LogP contribution in [-0.2, 0) is 11.3 Å². The molecule has 1 aliphatic rings. The molecule has 0 bridgehead atoms. The summed E-state index contributed by atoms with van der Waals surface area (Å²) in [6.07, 6.45) is 1.60. The lowest BCUT2D eigenvalue weighted by Crippen LogP contribution is -2.31. The molecule has 1 N–H and O–H groups in total. The molecule has 0 aliphatic carbocycles. The summed E-state index contributed by atoms with van der Waals surface area (Å²) in [5.74, 6) is -1.57. The maximum atomic E-state index is 13.7. The highest BCUT2D eigenvalue weighted by Gasteiger charge is 2.45. The van der Waals surface area contributed by atoms with Crippen LogP contribution in [0.3, 0.4) is 0 Å². The number of Topliss-reactive ketones (excluding diaryl/α,β-unsaturated/α-hetero) is 1. The summed E-state index contributed by atoms with van der Waals surface area (Å²) in [6, 6.07) is 16.0. The number of furan rings is 1. The van der Waals surface area contributed by atoms with Crippen LogP contribution in [0, 0.1) is 0 Å². The second-order valence-electron chi connectivity index (χ2n) is 7.91. The second-order valence-corrected chi connectivity index (χ2v) is 8.73. The van der Waals surface area contributed by atoms with E-state index in [0.717, 1.165) is 0 Å². The Hall–Kier alpha value is -3.81. The third-order valence-corrected chi connectivity index (χ3v) is 6.56. The van der Waals surface area contributed by atoms with Crippen LogP contribution >= 0.6 is 23.2 Å². The normalized spacial score (nSPS) is 15.8. The molecule has 7 nitrogen and oxygen atoms in total. The molecular weight excluding hydrogens is 491 g/mol. The number of nitrogens with zero attached hydrogens (tertiary/aromatic N) is 2. The van der Waals surface area contributed by atoms with Gasteiger partial charge in [-0.15, -0.1) is 0 Å². The minimum atomic E-state index is -0.943. The predicted octanol–water partition coefficient (Wildman–Crippen LogP) is 5.92. The number of ether oxygens (including phenoxy) is 1. The smallest absolute Gasteiger partial charge is 0.290 e. The van der Waals surface area contributed by atoms with Gasteiger partial charge in [-0.1, -0.05) is 47.5 Å². The molecule has 35 heavy (non-hydrogen) atoms. The first-order chi connectivity index (χ1) is 16.9. The number of hydrogen-bond acceptors (Lipinski definition) is 6. The van der Waals surface area contributed by atoms with E-state index in [-0.39, 0.29) is 22.9 Å². The monoisotopic (exact) mass is 508 g/mol. The number of para-hydroxylation sites is 1. The number of pyridine rings is 1. The summed E-state index contributed by atoms with van der Waals surface area (Å²) >= 11 is 12.4. The van der Waals surface area contributed by atoms with Crippen molar-refractivity contribution in [1.82, 2.24) is 9.88 Å². The minimum Gasteiger partial charge on any atom is -0.503 e. The summed E-state index contributed by atoms with van der Waals surface area (Å²) in [5.41, 5.74) is 1.35. The average molecular weight is 509 g/mol. The third-order valence-electron chi connectivity index (χ3n) is 5.82. The molecule has 5 rings (SSSR count). The largest absolute Gasteiger partial charge is 0.503 e. The highest BCUT2D eigenvalue weighted by Crippen LogP contribution is 2.42. The molecule has 1 aliphatic heterocycles. The van der Waals surface area contributed by atoms with Gasteiger partial charge in [0.25, 0.3) is 5.91 Å². The number of hydrogen-bond donors (Lipinski definition) is 1. The molecule has 1 unspecified atom stereocenters. The second kappa shape index (κ2) is 9.09. The van der Waals surface area contributed by atoms with Crippen LogP contribution in [-0.4, -0.2) is 33.8 Å². The Balaban J connectivity index is 1.62. The van der Waals surface area contributed by atoms with Gasteiger partial charge in [0, 0.05) is 11.6 Å². The predicted molar refractivity (Wildman–Crippen MR) is 131 cm³/mol. The summed E-state index contributed by atoms with van der Waals surface area (Å²) in [5, 5.41) is 12.1. The van der Waals surface area contributed by atoms with Crippen molar-refractivity contribution in [2.75, 3.05) is 7.11 Å². The zero-order valence-corrected chi connectivity index (χ0v) is 19.9. The summed E-state index contributed by atoms with van der Waals surface area (Å²) in [6.45, 7) is 0.0549. The molecule has 1 atom stereocenters. The van der Waals surface area contributed by atoms with Crippen molar-refractivity contribution in [3.8, 4) is 5.75 Å². The molecule has 0 fully saturated rings. The van der Waals surface area contributed by atoms with Gasteiger partial charge in [0.05, 0.1) is 41.0 Å². The summed E-state index contributed by atoms with van der Waals surface area (Å²) in [7, 11) is 1.50. The number of aliphatic hydroxyl groups is 1. The Morgan fingerprint density at radius 2 is 1.94 bits per heavy atom. The van der Waals surface area contributed by atoms with Crippen LogP contribution in [0.2, 0.25) is 10.0 Å². The van der Waals surface area contributed by atoms with Crippen LogP contribution < -0.4 is 4.74 Å². The van der Waals surface area contributed by atoms with Crippen molar-refractivity contribution in [2.24, 2.45) is 0 Å². The van der Waals surface area contributed by atoms with Crippen molar-refractivity contribution >= 4 is 45.9 Å². The van der Waals surface area contributed by atoms with Crippen molar-refractivity contribution in [2.45, 2.75) is 12.6 Å². The molecule has 0 radical (unpaired) electrons. The van der Waals surface area contributed by atoms with E-state index in [1.54, 1.807) is 66.9 Å². The molecule has 0 saturated heterocycles. The standard InChI is InChI=1S/C26H18Cl2N2O5/c1-34-19-7-4-5-15-12-20(35-25(15)19)23(31)21-22(14-8-9-17(27)18(28)11-14)30(26(33)24(21)32)13-16-6-2-3-10-29-16/h2-12,22,32H,13H2,1H3. The highest BCUT2D eigenvalue weighted by molar-refractivity contribution is 6.42. The van der Waals surface area contributed by atoms with Crippen LogP contribution in [0.5, 0.6) is 5.75 Å². The lowest BCUT2D eigenvalue weighted by molar-refractivity contribution is -0.130. The highest BCUT2D eigenvalue weighted by atomic mass is 35.5. The quantitative estimate of drug-likeness (QED) is 0.325. The van der Waals surface area contributed by atoms with Crippen LogP contribution in [0.4, 0.5) is 0 Å². The lowest BCUT2D eigenvalue weighted by Gasteiger charge is -2.26. The van der Waals surface area contributed by atoms with Gasteiger partial charge in [-0.25, -0.2) is 0 Å². The molecule has 2 aromatic carbocycles. The van der Waals surface area contributed by atoms with Crippen molar-refractivity contribution < 1.29 is 23.8 Å². The van der Waals surface area contributed by atoms with Crippen molar-refractivity contribution in [3.63, 3.8) is 0 Å². The average Bonchev–Trinajstić information content (AvgIpc) is 3.41. The molecule has 4 aromatic rings. The van der Waals surface area contributed by atoms with Gasteiger partial charge in [0.2, 0.25) is 5.78 Å². The molecule has 9 heteroatoms. The Kier molecular flexibility index (Phi) is 5.96. The van der Waals surface area contributed by atoms with E-state index in [1.807, 2.05) is 0 Å². The first-order valence-corrected chi connectivity index (χ1v) is 11.3. The van der Waals surface area contributed by atoms with Crippen molar-refractivity contribution in [1.29, 1.82) is 0 Å². The zero-order valence-electron chi connectivity index (χ0n) is 18.4. The number of aromatic nitrogens is 1. The Bertz CT molecular complexity index is 1500. The number of aliphatic hydroxyl groups excluding tert-OH is 1. The minimum absolute atomic E-state index is 0.0383. The van der Waals surface area contributed by atoms with Gasteiger partial charge >= 0.3 is 0 Å². The fourth-order valence-electron chi connectivity index (χ4n) is 4.19. The van der Waals surface area contributed by atoms with E-state index >= 15 is 0 Å². The topological polar surface area (TPSA) is 92.9 Å². The number of ketones is 1. The molecular formula is C26H18Cl2N2O5. The molecule has 3 heterocycles. The van der Waals surface area contributed by atoms with Crippen LogP contribution in [0.1, 0.15) is 27.9 Å². The number of amides is 1.